The lowest BCUT2D eigenvalue weighted by Crippen LogP contribution is -2.40. The topological polar surface area (TPSA) is 59.0 Å². The molecule has 1 amide bonds. The van der Waals surface area contributed by atoms with E-state index in [4.69, 9.17) is 0 Å². The fourth-order valence-corrected chi connectivity index (χ4v) is 2.26. The van der Waals surface area contributed by atoms with E-state index in [-0.39, 0.29) is 36.8 Å². The summed E-state index contributed by atoms with van der Waals surface area (Å²) in [6.45, 7) is 1.27. The van der Waals surface area contributed by atoms with Crippen molar-refractivity contribution in [2.75, 3.05) is 12.8 Å². The Hall–Kier alpha value is -0.690. The van der Waals surface area contributed by atoms with Crippen LogP contribution in [0.25, 0.3) is 0 Å². The molecule has 1 aliphatic heterocycles. The van der Waals surface area contributed by atoms with Crippen molar-refractivity contribution in [2.45, 2.75) is 17.7 Å². The number of aromatic nitrogens is 2. The van der Waals surface area contributed by atoms with Crippen molar-refractivity contribution in [3.05, 3.63) is 24.0 Å². The maximum Gasteiger partial charge on any atom is 0.241 e. The van der Waals surface area contributed by atoms with Crippen molar-refractivity contribution in [3.63, 3.8) is 0 Å². The molecule has 0 spiro atoms. The first-order valence-electron chi connectivity index (χ1n) is 5.44. The van der Waals surface area contributed by atoms with Gasteiger partial charge < -0.3 is 9.88 Å². The molecule has 19 heavy (non-hydrogen) atoms. The second-order valence-electron chi connectivity index (χ2n) is 3.83. The largest absolute Gasteiger partial charge is 0.349 e. The van der Waals surface area contributed by atoms with E-state index in [1.165, 1.54) is 0 Å². The van der Waals surface area contributed by atoms with Crippen molar-refractivity contribution < 1.29 is 4.79 Å². The molecule has 5 nitrogen and oxygen atoms in total. The second kappa shape index (κ2) is 8.47. The minimum atomic E-state index is -0.191. The molecule has 1 aromatic heterocycles. The number of thioether (sulfide) groups is 1. The molecule has 2 heterocycles. The predicted molar refractivity (Wildman–Crippen MR) is 82.3 cm³/mol. The molecule has 1 aromatic rings. The summed E-state index contributed by atoms with van der Waals surface area (Å²) in [5.74, 6) is 0.00523. The second-order valence-corrected chi connectivity index (χ2v) is 4.60. The molecule has 0 aromatic carbocycles. The Bertz CT molecular complexity index is 450. The highest BCUT2D eigenvalue weighted by atomic mass is 35.5. The smallest absolute Gasteiger partial charge is 0.241 e. The van der Waals surface area contributed by atoms with Crippen molar-refractivity contribution in [1.29, 1.82) is 0 Å². The van der Waals surface area contributed by atoms with Gasteiger partial charge in [-0.25, -0.2) is 4.98 Å². The highest BCUT2D eigenvalue weighted by Crippen LogP contribution is 2.13. The predicted octanol–water partition coefficient (Wildman–Crippen LogP) is 1.13. The van der Waals surface area contributed by atoms with Gasteiger partial charge in [0.25, 0.3) is 0 Å². The summed E-state index contributed by atoms with van der Waals surface area (Å²) in [7, 11) is 1.95. The van der Waals surface area contributed by atoms with E-state index in [9.17, 15) is 4.79 Å². The molecule has 108 valence electrons. The zero-order valence-corrected chi connectivity index (χ0v) is 13.2. The van der Waals surface area contributed by atoms with Gasteiger partial charge >= 0.3 is 0 Å². The van der Waals surface area contributed by atoms with Crippen LogP contribution >= 0.6 is 36.6 Å². The highest BCUT2D eigenvalue weighted by molar-refractivity contribution is 7.98. The fourth-order valence-electron chi connectivity index (χ4n) is 1.71. The van der Waals surface area contributed by atoms with Crippen LogP contribution in [-0.2, 0) is 18.4 Å². The van der Waals surface area contributed by atoms with E-state index in [2.05, 4.69) is 15.6 Å². The molecule has 2 rings (SSSR count). The third kappa shape index (κ3) is 4.42. The molecule has 0 fully saturated rings. The van der Waals surface area contributed by atoms with Gasteiger partial charge in [0.1, 0.15) is 6.04 Å². The van der Waals surface area contributed by atoms with Gasteiger partial charge in [0.2, 0.25) is 5.91 Å². The SMILES string of the molecule is CSc1ncc(CNC(=O)C2C=CCN2)n1C.Cl.Cl. The van der Waals surface area contributed by atoms with Crippen molar-refractivity contribution in [2.24, 2.45) is 7.05 Å². The van der Waals surface area contributed by atoms with Crippen LogP contribution in [0.3, 0.4) is 0 Å². The summed E-state index contributed by atoms with van der Waals surface area (Å²) in [5, 5.41) is 6.92. The minimum Gasteiger partial charge on any atom is -0.349 e. The monoisotopic (exact) mass is 324 g/mol. The third-order valence-electron chi connectivity index (χ3n) is 2.73. The molecule has 0 saturated heterocycles. The lowest BCUT2D eigenvalue weighted by molar-refractivity contribution is -0.122. The van der Waals surface area contributed by atoms with E-state index in [1.54, 1.807) is 18.0 Å². The molecule has 0 radical (unpaired) electrons. The van der Waals surface area contributed by atoms with Crippen LogP contribution in [-0.4, -0.2) is 34.3 Å². The fraction of sp³-hybridized carbons (Fsp3) is 0.455. The number of amides is 1. The Labute approximate surface area is 129 Å². The van der Waals surface area contributed by atoms with E-state index >= 15 is 0 Å². The summed E-state index contributed by atoms with van der Waals surface area (Å²) in [6.07, 6.45) is 7.62. The third-order valence-corrected chi connectivity index (χ3v) is 3.48. The Morgan fingerprint density at radius 1 is 1.63 bits per heavy atom. The average molecular weight is 325 g/mol. The van der Waals surface area contributed by atoms with Crippen LogP contribution in [0.15, 0.2) is 23.5 Å². The lowest BCUT2D eigenvalue weighted by atomic mass is 10.3. The minimum absolute atomic E-state index is 0. The van der Waals surface area contributed by atoms with E-state index < -0.39 is 0 Å². The van der Waals surface area contributed by atoms with Crippen LogP contribution in [0, 0.1) is 0 Å². The quantitative estimate of drug-likeness (QED) is 0.644. The Kier molecular flexibility index (Phi) is 8.17. The standard InChI is InChI=1S/C11H16N4OS.2ClH/c1-15-8(7-14-11(15)17-2)6-13-10(16)9-4-3-5-12-9;;/h3-4,7,9,12H,5-6H2,1-2H3,(H,13,16);2*1H. The first-order chi connectivity index (χ1) is 8.22. The van der Waals surface area contributed by atoms with Crippen LogP contribution in [0.1, 0.15) is 5.69 Å². The van der Waals surface area contributed by atoms with Crippen LogP contribution < -0.4 is 10.6 Å². The molecule has 0 saturated carbocycles. The number of halogens is 2. The molecule has 8 heteroatoms. The number of carbonyl (C=O) groups excluding carboxylic acids is 1. The van der Waals surface area contributed by atoms with Gasteiger partial charge in [-0.05, 0) is 6.26 Å². The maximum absolute atomic E-state index is 11.7. The van der Waals surface area contributed by atoms with Gasteiger partial charge in [-0.2, -0.15) is 0 Å². The number of hydrogen-bond donors (Lipinski definition) is 2. The number of imidazole rings is 1. The lowest BCUT2D eigenvalue weighted by Gasteiger charge is -2.10. The van der Waals surface area contributed by atoms with Crippen LogP contribution in [0.5, 0.6) is 0 Å². The van der Waals surface area contributed by atoms with E-state index in [1.807, 2.05) is 30.0 Å². The van der Waals surface area contributed by atoms with Gasteiger partial charge in [0, 0.05) is 13.6 Å². The first kappa shape index (κ1) is 18.3. The number of hydrogen-bond acceptors (Lipinski definition) is 4. The number of rotatable bonds is 4. The highest BCUT2D eigenvalue weighted by Gasteiger charge is 2.17. The zero-order valence-electron chi connectivity index (χ0n) is 10.8. The van der Waals surface area contributed by atoms with Gasteiger partial charge in [-0.1, -0.05) is 23.9 Å². The normalized spacial score (nSPS) is 16.6. The summed E-state index contributed by atoms with van der Waals surface area (Å²) >= 11 is 1.59. The van der Waals surface area contributed by atoms with Gasteiger partial charge in [0.05, 0.1) is 18.4 Å². The number of nitrogens with zero attached hydrogens (tertiary/aromatic N) is 2. The molecular formula is C11H18Cl2N4OS. The Morgan fingerprint density at radius 3 is 2.89 bits per heavy atom. The van der Waals surface area contributed by atoms with E-state index in [0.717, 1.165) is 17.4 Å². The van der Waals surface area contributed by atoms with Gasteiger partial charge in [-0.3, -0.25) is 10.1 Å². The average Bonchev–Trinajstić information content (AvgIpc) is 2.96. The van der Waals surface area contributed by atoms with Crippen LogP contribution in [0.2, 0.25) is 0 Å². The van der Waals surface area contributed by atoms with E-state index in [0.29, 0.717) is 6.54 Å². The Balaban J connectivity index is 0.00000162. The Morgan fingerprint density at radius 2 is 2.37 bits per heavy atom. The molecule has 0 aliphatic carbocycles. The molecule has 1 unspecified atom stereocenters. The number of nitrogens with one attached hydrogen (secondary N) is 2. The van der Waals surface area contributed by atoms with Gasteiger partial charge in [0.15, 0.2) is 5.16 Å². The summed E-state index contributed by atoms with van der Waals surface area (Å²) in [4.78, 5) is 16.0. The number of carbonyl (C=O) groups is 1. The molecule has 2 N–H and O–H groups in total. The summed E-state index contributed by atoms with van der Waals surface area (Å²) in [5.41, 5.74) is 1.00. The van der Waals surface area contributed by atoms with Crippen LogP contribution in [0.4, 0.5) is 0 Å². The summed E-state index contributed by atoms with van der Waals surface area (Å²) in [6, 6.07) is -0.191. The molecule has 0 bridgehead atoms. The van der Waals surface area contributed by atoms with Crippen molar-refractivity contribution in [1.82, 2.24) is 20.2 Å². The maximum atomic E-state index is 11.7. The van der Waals surface area contributed by atoms with Crippen molar-refractivity contribution in [3.8, 4) is 0 Å². The van der Waals surface area contributed by atoms with Gasteiger partial charge in [-0.15, -0.1) is 24.8 Å². The first-order valence-corrected chi connectivity index (χ1v) is 6.67. The molecule has 1 atom stereocenters. The molecular weight excluding hydrogens is 307 g/mol. The molecule has 1 aliphatic rings. The van der Waals surface area contributed by atoms with Crippen molar-refractivity contribution >= 4 is 42.5 Å². The zero-order chi connectivity index (χ0) is 12.3. The summed E-state index contributed by atoms with van der Waals surface area (Å²) < 4.78 is 1.99.